The van der Waals surface area contributed by atoms with Gasteiger partial charge in [0.15, 0.2) is 9.84 Å². The highest BCUT2D eigenvalue weighted by Crippen LogP contribution is 2.33. The van der Waals surface area contributed by atoms with Crippen molar-refractivity contribution < 1.29 is 13.3 Å². The van der Waals surface area contributed by atoms with Crippen LogP contribution in [0.25, 0.3) is 0 Å². The molecule has 0 radical (unpaired) electrons. The Morgan fingerprint density at radius 2 is 2.14 bits per heavy atom. The number of nitro benzene ring substituents is 1. The van der Waals surface area contributed by atoms with E-state index in [1.165, 1.54) is 24.4 Å². The van der Waals surface area contributed by atoms with Gasteiger partial charge in [-0.15, -0.1) is 0 Å². The standard InChI is InChI=1S/C12H14N4O4S/c1-3-15-8-9(7-13-15)14-10-5-4-6-11(21(2,19)20)12(10)16(17)18/h4-8,14H,3H2,1-2H3. The number of anilines is 2. The largest absolute Gasteiger partial charge is 0.347 e. The fourth-order valence-electron chi connectivity index (χ4n) is 1.87. The molecule has 1 N–H and O–H groups in total. The van der Waals surface area contributed by atoms with Crippen LogP contribution >= 0.6 is 0 Å². The first kappa shape index (κ1) is 15.0. The summed E-state index contributed by atoms with van der Waals surface area (Å²) in [6.07, 6.45) is 4.13. The van der Waals surface area contributed by atoms with Crippen LogP contribution in [0.15, 0.2) is 35.5 Å². The van der Waals surface area contributed by atoms with E-state index >= 15 is 0 Å². The van der Waals surface area contributed by atoms with Gasteiger partial charge in [-0.05, 0) is 19.1 Å². The van der Waals surface area contributed by atoms with Crippen molar-refractivity contribution in [3.63, 3.8) is 0 Å². The summed E-state index contributed by atoms with van der Waals surface area (Å²) in [5.74, 6) is 0. The number of sulfone groups is 1. The molecule has 0 aliphatic carbocycles. The molecule has 0 unspecified atom stereocenters. The molecule has 2 rings (SSSR count). The number of aryl methyl sites for hydroxylation is 1. The molecule has 0 aliphatic heterocycles. The molecule has 8 nitrogen and oxygen atoms in total. The lowest BCUT2D eigenvalue weighted by atomic mass is 10.2. The number of aromatic nitrogens is 2. The van der Waals surface area contributed by atoms with E-state index in [-0.39, 0.29) is 10.6 Å². The van der Waals surface area contributed by atoms with Crippen molar-refractivity contribution >= 4 is 26.9 Å². The van der Waals surface area contributed by atoms with E-state index in [9.17, 15) is 18.5 Å². The molecule has 2 aromatic rings. The Labute approximate surface area is 121 Å². The number of nitrogens with zero attached hydrogens (tertiary/aromatic N) is 3. The Hall–Kier alpha value is -2.42. The highest BCUT2D eigenvalue weighted by atomic mass is 32.2. The van der Waals surface area contributed by atoms with Crippen LogP contribution in [0.2, 0.25) is 0 Å². The number of hydrogen-bond donors (Lipinski definition) is 1. The number of benzene rings is 1. The summed E-state index contributed by atoms with van der Waals surface area (Å²) in [4.78, 5) is 10.2. The summed E-state index contributed by atoms with van der Waals surface area (Å²) >= 11 is 0. The number of rotatable bonds is 5. The number of para-hydroxylation sites is 1. The molecular weight excluding hydrogens is 296 g/mol. The Bertz CT molecular complexity index is 782. The first-order valence-electron chi connectivity index (χ1n) is 6.10. The van der Waals surface area contributed by atoms with Gasteiger partial charge in [0.2, 0.25) is 0 Å². The third-order valence-electron chi connectivity index (χ3n) is 2.82. The molecule has 0 aliphatic rings. The summed E-state index contributed by atoms with van der Waals surface area (Å²) in [7, 11) is -3.70. The van der Waals surface area contributed by atoms with Crippen LogP contribution in [0, 0.1) is 10.1 Å². The van der Waals surface area contributed by atoms with E-state index in [2.05, 4.69) is 10.4 Å². The molecule has 0 atom stereocenters. The lowest BCUT2D eigenvalue weighted by Crippen LogP contribution is -2.05. The van der Waals surface area contributed by atoms with Crippen LogP contribution in [0.3, 0.4) is 0 Å². The first-order chi connectivity index (χ1) is 9.82. The average molecular weight is 310 g/mol. The molecule has 0 saturated heterocycles. The van der Waals surface area contributed by atoms with Crippen LogP contribution in [-0.2, 0) is 16.4 Å². The molecule has 1 aromatic heterocycles. The second-order valence-corrected chi connectivity index (χ2v) is 6.38. The van der Waals surface area contributed by atoms with Gasteiger partial charge in [-0.3, -0.25) is 14.8 Å². The van der Waals surface area contributed by atoms with Crippen LogP contribution in [0.5, 0.6) is 0 Å². The topological polar surface area (TPSA) is 107 Å². The van der Waals surface area contributed by atoms with Gasteiger partial charge in [-0.25, -0.2) is 8.42 Å². The zero-order valence-electron chi connectivity index (χ0n) is 11.5. The molecule has 9 heteroatoms. The highest BCUT2D eigenvalue weighted by Gasteiger charge is 2.26. The third-order valence-corrected chi connectivity index (χ3v) is 3.95. The summed E-state index contributed by atoms with van der Waals surface area (Å²) in [5, 5.41) is 18.1. The van der Waals surface area contributed by atoms with Gasteiger partial charge in [0.05, 0.1) is 16.8 Å². The second kappa shape index (κ2) is 5.52. The van der Waals surface area contributed by atoms with Gasteiger partial charge in [0.25, 0.3) is 0 Å². The van der Waals surface area contributed by atoms with Gasteiger partial charge in [0.1, 0.15) is 10.6 Å². The maximum atomic E-state index is 11.7. The molecule has 0 saturated carbocycles. The van der Waals surface area contributed by atoms with Crippen molar-refractivity contribution in [3.8, 4) is 0 Å². The predicted octanol–water partition coefficient (Wildman–Crippen LogP) is 1.96. The smallest absolute Gasteiger partial charge is 0.311 e. The second-order valence-electron chi connectivity index (χ2n) is 4.39. The first-order valence-corrected chi connectivity index (χ1v) is 7.99. The van der Waals surface area contributed by atoms with Crippen molar-refractivity contribution in [3.05, 3.63) is 40.7 Å². The lowest BCUT2D eigenvalue weighted by Gasteiger charge is -2.07. The Morgan fingerprint density at radius 1 is 1.43 bits per heavy atom. The monoisotopic (exact) mass is 310 g/mol. The molecule has 112 valence electrons. The molecule has 0 bridgehead atoms. The minimum absolute atomic E-state index is 0.110. The molecule has 0 fully saturated rings. The number of nitro groups is 1. The van der Waals surface area contributed by atoms with Crippen LogP contribution in [0.4, 0.5) is 17.1 Å². The van der Waals surface area contributed by atoms with E-state index in [0.29, 0.717) is 12.2 Å². The van der Waals surface area contributed by atoms with Crippen molar-refractivity contribution in [1.29, 1.82) is 0 Å². The predicted molar refractivity (Wildman–Crippen MR) is 77.4 cm³/mol. The maximum absolute atomic E-state index is 11.7. The third kappa shape index (κ3) is 3.19. The quantitative estimate of drug-likeness (QED) is 0.668. The summed E-state index contributed by atoms with van der Waals surface area (Å²) in [5.41, 5.74) is 0.188. The minimum atomic E-state index is -3.70. The Kier molecular flexibility index (Phi) is 3.94. The Morgan fingerprint density at radius 3 is 2.67 bits per heavy atom. The normalized spacial score (nSPS) is 11.3. The van der Waals surface area contributed by atoms with Gasteiger partial charge >= 0.3 is 5.69 Å². The van der Waals surface area contributed by atoms with Crippen LogP contribution in [-0.4, -0.2) is 29.4 Å². The van der Waals surface area contributed by atoms with Gasteiger partial charge in [0, 0.05) is 19.0 Å². The van der Waals surface area contributed by atoms with E-state index < -0.39 is 20.4 Å². The SMILES string of the molecule is CCn1cc(Nc2cccc(S(C)(=O)=O)c2[N+](=O)[O-])cn1. The fourth-order valence-corrected chi connectivity index (χ4v) is 2.73. The van der Waals surface area contributed by atoms with Gasteiger partial charge < -0.3 is 5.32 Å². The summed E-state index contributed by atoms with van der Waals surface area (Å²) in [6.45, 7) is 2.57. The number of nitrogens with one attached hydrogen (secondary N) is 1. The molecule has 0 amide bonds. The Balaban J connectivity index is 2.51. The zero-order chi connectivity index (χ0) is 15.6. The summed E-state index contributed by atoms with van der Waals surface area (Å²) in [6, 6.07) is 4.13. The van der Waals surface area contributed by atoms with Crippen molar-refractivity contribution in [2.24, 2.45) is 0 Å². The van der Waals surface area contributed by atoms with Crippen molar-refractivity contribution in [2.45, 2.75) is 18.4 Å². The molecule has 21 heavy (non-hydrogen) atoms. The van der Waals surface area contributed by atoms with E-state index in [1.807, 2.05) is 6.92 Å². The summed E-state index contributed by atoms with van der Waals surface area (Å²) < 4.78 is 25.0. The van der Waals surface area contributed by atoms with E-state index in [1.54, 1.807) is 10.9 Å². The van der Waals surface area contributed by atoms with Crippen LogP contribution < -0.4 is 5.32 Å². The average Bonchev–Trinajstić information content (AvgIpc) is 2.85. The lowest BCUT2D eigenvalue weighted by molar-refractivity contribution is -0.386. The van der Waals surface area contributed by atoms with E-state index in [0.717, 1.165) is 6.26 Å². The van der Waals surface area contributed by atoms with Crippen LogP contribution in [0.1, 0.15) is 6.92 Å². The molecule has 0 spiro atoms. The zero-order valence-corrected chi connectivity index (χ0v) is 12.3. The molecule has 1 aromatic carbocycles. The minimum Gasteiger partial charge on any atom is -0.347 e. The van der Waals surface area contributed by atoms with Gasteiger partial charge in [-0.2, -0.15) is 5.10 Å². The van der Waals surface area contributed by atoms with Crippen molar-refractivity contribution in [1.82, 2.24) is 9.78 Å². The molecular formula is C12H14N4O4S. The highest BCUT2D eigenvalue weighted by molar-refractivity contribution is 7.90. The maximum Gasteiger partial charge on any atom is 0.311 e. The molecule has 1 heterocycles. The van der Waals surface area contributed by atoms with Crippen molar-refractivity contribution in [2.75, 3.05) is 11.6 Å². The van der Waals surface area contributed by atoms with E-state index in [4.69, 9.17) is 0 Å². The number of hydrogen-bond acceptors (Lipinski definition) is 6. The fraction of sp³-hybridized carbons (Fsp3) is 0.250. The van der Waals surface area contributed by atoms with Gasteiger partial charge in [-0.1, -0.05) is 6.07 Å².